The SMILES string of the molecule is Cn1ccc2c(C(=O)N3C[C@@H]4COC[C@H](C3)N(CC(=O)O)C4)cccc21. The summed E-state index contributed by atoms with van der Waals surface area (Å²) in [6.07, 6.45) is 1.96. The second kappa shape index (κ2) is 6.74. The summed E-state index contributed by atoms with van der Waals surface area (Å²) < 4.78 is 7.71. The molecule has 0 aliphatic carbocycles. The van der Waals surface area contributed by atoms with Crippen LogP contribution in [-0.4, -0.2) is 76.8 Å². The van der Waals surface area contributed by atoms with Crippen molar-refractivity contribution < 1.29 is 19.4 Å². The zero-order valence-electron chi connectivity index (χ0n) is 14.8. The van der Waals surface area contributed by atoms with E-state index in [0.29, 0.717) is 38.4 Å². The van der Waals surface area contributed by atoms with Gasteiger partial charge in [-0.05, 0) is 18.2 Å². The Balaban J connectivity index is 1.63. The van der Waals surface area contributed by atoms with Gasteiger partial charge in [0.2, 0.25) is 0 Å². The fourth-order valence-corrected chi connectivity index (χ4v) is 4.12. The molecule has 2 aromatic rings. The van der Waals surface area contributed by atoms with Gasteiger partial charge in [0.05, 0.1) is 25.8 Å². The highest BCUT2D eigenvalue weighted by atomic mass is 16.5. The van der Waals surface area contributed by atoms with E-state index in [0.717, 1.165) is 10.9 Å². The van der Waals surface area contributed by atoms with Gasteiger partial charge in [0.15, 0.2) is 0 Å². The van der Waals surface area contributed by atoms with Crippen molar-refractivity contribution in [3.05, 3.63) is 36.0 Å². The number of hydrogen-bond donors (Lipinski definition) is 1. The smallest absolute Gasteiger partial charge is 0.317 e. The topological polar surface area (TPSA) is 75.0 Å². The van der Waals surface area contributed by atoms with Crippen LogP contribution in [0.25, 0.3) is 10.9 Å². The first-order valence-electron chi connectivity index (χ1n) is 8.90. The third-order valence-corrected chi connectivity index (χ3v) is 5.37. The molecule has 1 amide bonds. The fourth-order valence-electron chi connectivity index (χ4n) is 4.12. The van der Waals surface area contributed by atoms with E-state index in [9.17, 15) is 14.7 Å². The number of carboxylic acid groups (broad SMARTS) is 1. The quantitative estimate of drug-likeness (QED) is 0.888. The van der Waals surface area contributed by atoms with E-state index in [1.807, 2.05) is 51.9 Å². The molecule has 0 radical (unpaired) electrons. The van der Waals surface area contributed by atoms with Crippen molar-refractivity contribution in [3.63, 3.8) is 0 Å². The molecule has 7 heteroatoms. The average Bonchev–Trinajstić information content (AvgIpc) is 2.76. The standard InChI is InChI=1S/C19H23N3O4/c1-20-6-5-15-16(3-2-4-17(15)20)19(25)22-8-13-7-21(10-18(23)24)14(9-22)12-26-11-13/h2-6,13-14H,7-12H2,1H3,(H,23,24)/t13-,14+/m1/s1. The zero-order valence-corrected chi connectivity index (χ0v) is 14.8. The van der Waals surface area contributed by atoms with Gasteiger partial charge in [-0.2, -0.15) is 0 Å². The van der Waals surface area contributed by atoms with Gasteiger partial charge in [-0.15, -0.1) is 0 Å². The summed E-state index contributed by atoms with van der Waals surface area (Å²) in [5.41, 5.74) is 1.73. The second-order valence-corrected chi connectivity index (χ2v) is 7.26. The summed E-state index contributed by atoms with van der Waals surface area (Å²) in [5.74, 6) is -0.707. The predicted molar refractivity (Wildman–Crippen MR) is 96.1 cm³/mol. The van der Waals surface area contributed by atoms with Crippen LogP contribution in [0.1, 0.15) is 10.4 Å². The van der Waals surface area contributed by atoms with Crippen LogP contribution in [0, 0.1) is 5.92 Å². The number of fused-ring (bicyclic) bond motifs is 4. The van der Waals surface area contributed by atoms with Gasteiger partial charge in [-0.25, -0.2) is 0 Å². The number of carbonyl (C=O) groups excluding carboxylic acids is 1. The monoisotopic (exact) mass is 357 g/mol. The van der Waals surface area contributed by atoms with E-state index in [2.05, 4.69) is 0 Å². The first-order chi connectivity index (χ1) is 12.5. The summed E-state index contributed by atoms with van der Waals surface area (Å²) in [5, 5.41) is 10.1. The number of rotatable bonds is 3. The van der Waals surface area contributed by atoms with Crippen molar-refractivity contribution in [2.45, 2.75) is 6.04 Å². The highest BCUT2D eigenvalue weighted by Crippen LogP contribution is 2.25. The van der Waals surface area contributed by atoms with E-state index >= 15 is 0 Å². The Morgan fingerprint density at radius 1 is 1.19 bits per heavy atom. The van der Waals surface area contributed by atoms with Gasteiger partial charge in [0.1, 0.15) is 0 Å². The Morgan fingerprint density at radius 2 is 2.04 bits per heavy atom. The number of aliphatic carboxylic acids is 1. The highest BCUT2D eigenvalue weighted by Gasteiger charge is 2.36. The van der Waals surface area contributed by atoms with Crippen LogP contribution < -0.4 is 0 Å². The molecule has 2 aliphatic heterocycles. The Labute approximate surface area is 151 Å². The Hall–Kier alpha value is -2.38. The first-order valence-corrected chi connectivity index (χ1v) is 8.90. The molecule has 2 atom stereocenters. The molecule has 0 spiro atoms. The molecule has 1 aromatic carbocycles. The van der Waals surface area contributed by atoms with E-state index in [-0.39, 0.29) is 24.4 Å². The molecule has 2 fully saturated rings. The van der Waals surface area contributed by atoms with Crippen LogP contribution in [-0.2, 0) is 16.6 Å². The molecule has 2 aliphatic rings. The van der Waals surface area contributed by atoms with Gasteiger partial charge >= 0.3 is 5.97 Å². The third kappa shape index (κ3) is 3.08. The molecule has 1 N–H and O–H groups in total. The van der Waals surface area contributed by atoms with Crippen LogP contribution in [0.4, 0.5) is 0 Å². The highest BCUT2D eigenvalue weighted by molar-refractivity contribution is 6.06. The van der Waals surface area contributed by atoms with E-state index < -0.39 is 5.97 Å². The summed E-state index contributed by atoms with van der Waals surface area (Å²) in [4.78, 5) is 28.3. The van der Waals surface area contributed by atoms with Crippen molar-refractivity contribution in [3.8, 4) is 0 Å². The lowest BCUT2D eigenvalue weighted by Crippen LogP contribution is -2.47. The number of carboxylic acids is 1. The maximum absolute atomic E-state index is 13.3. The molecule has 3 heterocycles. The number of nitrogens with zero attached hydrogens (tertiary/aromatic N) is 3. The minimum absolute atomic E-state index is 0.0101. The Kier molecular flexibility index (Phi) is 4.42. The molecular weight excluding hydrogens is 334 g/mol. The average molecular weight is 357 g/mol. The molecule has 7 nitrogen and oxygen atoms in total. The normalized spacial score (nSPS) is 23.8. The van der Waals surface area contributed by atoms with Crippen LogP contribution >= 0.6 is 0 Å². The summed E-state index contributed by atoms with van der Waals surface area (Å²) in [6, 6.07) is 7.68. The van der Waals surface area contributed by atoms with Crippen LogP contribution in [0.2, 0.25) is 0 Å². The second-order valence-electron chi connectivity index (χ2n) is 7.26. The summed E-state index contributed by atoms with van der Waals surface area (Å²) in [6.45, 7) is 2.74. The molecule has 2 bridgehead atoms. The van der Waals surface area contributed by atoms with Crippen molar-refractivity contribution in [1.82, 2.24) is 14.4 Å². The molecule has 0 saturated carbocycles. The number of carbonyl (C=O) groups is 2. The Bertz CT molecular complexity index is 846. The first kappa shape index (κ1) is 17.1. The van der Waals surface area contributed by atoms with Gasteiger partial charge in [-0.3, -0.25) is 14.5 Å². The molecule has 0 unspecified atom stereocenters. The summed E-state index contributed by atoms with van der Waals surface area (Å²) >= 11 is 0. The fraction of sp³-hybridized carbons (Fsp3) is 0.474. The van der Waals surface area contributed by atoms with Gasteiger partial charge < -0.3 is 19.3 Å². The Morgan fingerprint density at radius 3 is 2.85 bits per heavy atom. The molecule has 138 valence electrons. The van der Waals surface area contributed by atoms with Crippen molar-refractivity contribution >= 4 is 22.8 Å². The van der Waals surface area contributed by atoms with E-state index in [1.165, 1.54) is 0 Å². The number of benzene rings is 1. The summed E-state index contributed by atoms with van der Waals surface area (Å²) in [7, 11) is 1.97. The van der Waals surface area contributed by atoms with Crippen LogP contribution in [0.5, 0.6) is 0 Å². The van der Waals surface area contributed by atoms with Crippen molar-refractivity contribution in [2.75, 3.05) is 39.4 Å². The predicted octanol–water partition coefficient (Wildman–Crippen LogP) is 1.04. The van der Waals surface area contributed by atoms with Crippen LogP contribution in [0.3, 0.4) is 0 Å². The number of amides is 1. The van der Waals surface area contributed by atoms with Crippen molar-refractivity contribution in [1.29, 1.82) is 0 Å². The number of ether oxygens (including phenoxy) is 1. The minimum atomic E-state index is -0.843. The maximum Gasteiger partial charge on any atom is 0.317 e. The van der Waals surface area contributed by atoms with Gasteiger partial charge in [0, 0.05) is 55.3 Å². The van der Waals surface area contributed by atoms with Crippen LogP contribution in [0.15, 0.2) is 30.5 Å². The lowest BCUT2D eigenvalue weighted by molar-refractivity contribution is -0.139. The lowest BCUT2D eigenvalue weighted by atomic mass is 10.1. The number of aromatic nitrogens is 1. The maximum atomic E-state index is 13.3. The molecule has 1 aromatic heterocycles. The molecule has 26 heavy (non-hydrogen) atoms. The molecule has 4 rings (SSSR count). The number of hydrogen-bond acceptors (Lipinski definition) is 4. The minimum Gasteiger partial charge on any atom is -0.480 e. The lowest BCUT2D eigenvalue weighted by Gasteiger charge is -2.30. The zero-order chi connectivity index (χ0) is 18.3. The van der Waals surface area contributed by atoms with E-state index in [4.69, 9.17) is 4.74 Å². The van der Waals surface area contributed by atoms with Gasteiger partial charge in [-0.1, -0.05) is 6.07 Å². The molecular formula is C19H23N3O4. The van der Waals surface area contributed by atoms with Crippen molar-refractivity contribution in [2.24, 2.45) is 13.0 Å². The molecule has 2 saturated heterocycles. The van der Waals surface area contributed by atoms with E-state index in [1.54, 1.807) is 0 Å². The number of aryl methyl sites for hydroxylation is 1. The van der Waals surface area contributed by atoms with Gasteiger partial charge in [0.25, 0.3) is 5.91 Å². The largest absolute Gasteiger partial charge is 0.480 e. The third-order valence-electron chi connectivity index (χ3n) is 5.37.